The summed E-state index contributed by atoms with van der Waals surface area (Å²) < 4.78 is 26.5. The van der Waals surface area contributed by atoms with Gasteiger partial charge in [-0.05, 0) is 120 Å². The maximum Gasteiger partial charge on any atom is 0.269 e. The number of allylic oxidation sites excluding steroid dienone is 1. The highest BCUT2D eigenvalue weighted by Gasteiger charge is 2.65. The van der Waals surface area contributed by atoms with Gasteiger partial charge in [0.15, 0.2) is 0 Å². The number of nitro benzene ring substituents is 1. The number of benzene rings is 5. The molecule has 2 aliphatic carbocycles. The zero-order chi connectivity index (χ0) is 48.3. The van der Waals surface area contributed by atoms with Crippen molar-refractivity contribution in [3.63, 3.8) is 0 Å². The lowest BCUT2D eigenvalue weighted by molar-refractivity contribution is -0.384. The number of hydrogen-bond acceptors (Lipinski definition) is 11. The van der Waals surface area contributed by atoms with E-state index >= 15 is 0 Å². The van der Waals surface area contributed by atoms with E-state index in [1.807, 2.05) is 78.9 Å². The second kappa shape index (κ2) is 22.5. The average Bonchev–Trinajstić information content (AvgIpc) is 3.37. The van der Waals surface area contributed by atoms with Crippen LogP contribution >= 0.6 is 0 Å². The molecule has 0 unspecified atom stereocenters. The van der Waals surface area contributed by atoms with Gasteiger partial charge in [0.2, 0.25) is 11.7 Å². The van der Waals surface area contributed by atoms with Gasteiger partial charge in [-0.3, -0.25) is 14.9 Å². The quantitative estimate of drug-likeness (QED) is 0.0296. The van der Waals surface area contributed by atoms with Crippen molar-refractivity contribution in [2.24, 2.45) is 22.9 Å². The Morgan fingerprint density at radius 3 is 2.30 bits per heavy atom. The van der Waals surface area contributed by atoms with Gasteiger partial charge in [0.1, 0.15) is 35.6 Å². The zero-order valence-electron chi connectivity index (χ0n) is 39.3. The zero-order valence-corrected chi connectivity index (χ0v) is 39.3. The molecule has 5 aromatic carbocycles. The molecular weight excluding hydrogens is 875 g/mol. The molecule has 0 radical (unpaired) electrons. The lowest BCUT2D eigenvalue weighted by atomic mass is 9.55. The van der Waals surface area contributed by atoms with E-state index in [0.717, 1.165) is 53.5 Å². The minimum atomic E-state index is -1.44. The van der Waals surface area contributed by atoms with E-state index in [9.17, 15) is 25.1 Å². The van der Waals surface area contributed by atoms with Crippen LogP contribution in [0.2, 0.25) is 0 Å². The summed E-state index contributed by atoms with van der Waals surface area (Å²) in [7, 11) is 3.38. The number of oxime groups is 1. The Bertz CT molecular complexity index is 2620. The van der Waals surface area contributed by atoms with Gasteiger partial charge in [-0.15, -0.1) is 6.58 Å². The van der Waals surface area contributed by atoms with E-state index in [2.05, 4.69) is 30.9 Å². The normalized spacial score (nSPS) is 21.8. The molecule has 1 amide bonds. The van der Waals surface area contributed by atoms with Crippen molar-refractivity contribution >= 4 is 17.3 Å². The number of nitrogens with zero attached hydrogens (tertiary/aromatic N) is 3. The van der Waals surface area contributed by atoms with Gasteiger partial charge in [0, 0.05) is 50.3 Å². The first-order chi connectivity index (χ1) is 33.7. The monoisotopic (exact) mass is 935 g/mol. The summed E-state index contributed by atoms with van der Waals surface area (Å²) in [6.07, 6.45) is 8.67. The Hall–Kier alpha value is -6.80. The minimum Gasteiger partial charge on any atom is -0.497 e. The Balaban J connectivity index is 1.26. The number of unbranched alkanes of at least 4 members (excludes halogenated alkanes) is 2. The second-order valence-electron chi connectivity index (χ2n) is 18.0. The molecule has 1 heterocycles. The van der Waals surface area contributed by atoms with Crippen LogP contribution in [0.15, 0.2) is 151 Å². The number of ether oxygens (including phenoxy) is 4. The molecule has 13 nitrogen and oxygen atoms in total. The lowest BCUT2D eigenvalue weighted by Crippen LogP contribution is -2.69. The molecule has 6 atom stereocenters. The van der Waals surface area contributed by atoms with Crippen molar-refractivity contribution in [3.8, 4) is 34.1 Å². The summed E-state index contributed by atoms with van der Waals surface area (Å²) in [6, 6.07) is 37.0. The number of fused-ring (bicyclic) bond motifs is 2. The number of likely N-dealkylation sites (N-methyl/N-ethyl adjacent to an activating group) is 1. The fraction of sp³-hybridized carbons (Fsp3) is 0.357. The van der Waals surface area contributed by atoms with Crippen molar-refractivity contribution in [1.29, 1.82) is 0 Å². The molecule has 0 bridgehead atoms. The van der Waals surface area contributed by atoms with Crippen LogP contribution in [-0.4, -0.2) is 77.5 Å². The van der Waals surface area contributed by atoms with Crippen LogP contribution < -0.4 is 14.2 Å². The van der Waals surface area contributed by atoms with Gasteiger partial charge in [-0.1, -0.05) is 84.7 Å². The molecule has 1 aliphatic heterocycles. The number of carbonyl (C=O) groups excluding carboxylic acids is 1. The van der Waals surface area contributed by atoms with Gasteiger partial charge in [-0.2, -0.15) is 0 Å². The van der Waals surface area contributed by atoms with Crippen molar-refractivity contribution in [3.05, 3.63) is 172 Å². The minimum absolute atomic E-state index is 0.0116. The number of aliphatic hydroxyl groups is 2. The summed E-state index contributed by atoms with van der Waals surface area (Å²) in [5.41, 5.74) is 6.09. The van der Waals surface area contributed by atoms with Crippen molar-refractivity contribution in [2.45, 2.75) is 75.7 Å². The molecule has 8 rings (SSSR count). The summed E-state index contributed by atoms with van der Waals surface area (Å²) in [5, 5.41) is 36.3. The van der Waals surface area contributed by atoms with Crippen LogP contribution in [-0.2, 0) is 27.4 Å². The van der Waals surface area contributed by atoms with Gasteiger partial charge in [0.05, 0.1) is 36.7 Å². The smallest absolute Gasteiger partial charge is 0.269 e. The Kier molecular flexibility index (Phi) is 15.9. The number of methoxy groups -OCH3 is 1. The highest BCUT2D eigenvalue weighted by atomic mass is 16.7. The van der Waals surface area contributed by atoms with Crippen LogP contribution in [0.3, 0.4) is 0 Å². The van der Waals surface area contributed by atoms with E-state index in [1.54, 1.807) is 37.3 Å². The molecule has 360 valence electrons. The summed E-state index contributed by atoms with van der Waals surface area (Å²) in [4.78, 5) is 33.5. The number of amides is 1. The largest absolute Gasteiger partial charge is 0.497 e. The summed E-state index contributed by atoms with van der Waals surface area (Å²) in [6.45, 7) is 4.35. The number of rotatable bonds is 22. The summed E-state index contributed by atoms with van der Waals surface area (Å²) >= 11 is 0. The first kappa shape index (κ1) is 48.6. The SMILES string of the molecule is C=CCO[C@@]12Oc3ccc(Oc4ccc(-c5ccccc5)cc4)cc3[C@H]3[C@H](CCCCO)[C@@H](CCCCO)C=C(C(=NOCc4ccc([N+](=O)[O-])cc4)C[C@@H]1N(C)C(=O)Cc1cccc(OC)c1)[C@H]32. The fourth-order valence-electron chi connectivity index (χ4n) is 10.4. The van der Waals surface area contributed by atoms with Gasteiger partial charge in [-0.25, -0.2) is 0 Å². The molecule has 0 saturated heterocycles. The van der Waals surface area contributed by atoms with E-state index in [1.165, 1.54) is 12.1 Å². The molecule has 13 heteroatoms. The number of nitro groups is 1. The van der Waals surface area contributed by atoms with Gasteiger partial charge >= 0.3 is 0 Å². The molecule has 5 aromatic rings. The average molecular weight is 936 g/mol. The van der Waals surface area contributed by atoms with Crippen molar-refractivity contribution < 1.29 is 43.7 Å². The van der Waals surface area contributed by atoms with E-state index in [0.29, 0.717) is 47.1 Å². The third kappa shape index (κ3) is 10.9. The lowest BCUT2D eigenvalue weighted by Gasteiger charge is -2.59. The van der Waals surface area contributed by atoms with Gasteiger partial charge in [0.25, 0.3) is 5.69 Å². The third-order valence-electron chi connectivity index (χ3n) is 13.7. The maximum atomic E-state index is 14.7. The molecule has 0 aromatic heterocycles. The fourth-order valence-corrected chi connectivity index (χ4v) is 10.4. The van der Waals surface area contributed by atoms with Crippen molar-refractivity contribution in [2.75, 3.05) is 34.0 Å². The Morgan fingerprint density at radius 1 is 0.870 bits per heavy atom. The van der Waals surface area contributed by atoms with E-state index < -0.39 is 22.7 Å². The molecule has 0 spiro atoms. The standard InChI is InChI=1S/C56H61N3O10/c1-4-31-66-56-52(58(2)53(62)33-39-13-12-17-45(32-39)65-3)36-50(57-67-37-38-19-23-43(24-20-38)59(63)64)48-34-42(16-8-10-29-60)47(18-9-11-30-61)54(55(48)56)49-35-46(27-28-51(49)69-56)68-44-25-21-41(22-26-44)40-14-6-5-7-15-40/h4-7,12-15,17,19-28,32,34-35,42,47,52,54-55,60-61H,1,8-11,16,18,29-31,33,36-37H2,2-3H3/t42-,47+,52-,54+,55+,56+/m0/s1. The molecule has 2 N–H and O–H groups in total. The number of carbonyl (C=O) groups is 1. The number of aliphatic hydroxyl groups excluding tert-OH is 2. The predicted molar refractivity (Wildman–Crippen MR) is 264 cm³/mol. The van der Waals surface area contributed by atoms with Crippen LogP contribution in [0, 0.1) is 27.9 Å². The number of non-ortho nitro benzene ring substituents is 1. The second-order valence-corrected chi connectivity index (χ2v) is 18.0. The molecular formula is C56H61N3O10. The number of hydrogen-bond donors (Lipinski definition) is 2. The highest BCUT2D eigenvalue weighted by Crippen LogP contribution is 2.62. The van der Waals surface area contributed by atoms with E-state index in [4.69, 9.17) is 28.9 Å². The Labute approximate surface area is 403 Å². The topological polar surface area (TPSA) is 162 Å². The first-order valence-corrected chi connectivity index (χ1v) is 23.8. The van der Waals surface area contributed by atoms with Gasteiger partial charge < -0.3 is 38.9 Å². The molecule has 3 aliphatic rings. The van der Waals surface area contributed by atoms with Crippen LogP contribution in [0.1, 0.15) is 67.6 Å². The Morgan fingerprint density at radius 2 is 1.59 bits per heavy atom. The molecule has 1 saturated carbocycles. The predicted octanol–water partition coefficient (Wildman–Crippen LogP) is 10.6. The molecule has 69 heavy (non-hydrogen) atoms. The maximum absolute atomic E-state index is 14.7. The molecule has 1 fully saturated rings. The third-order valence-corrected chi connectivity index (χ3v) is 13.7. The summed E-state index contributed by atoms with van der Waals surface area (Å²) in [5.74, 6) is 0.211. The van der Waals surface area contributed by atoms with Crippen LogP contribution in [0.5, 0.6) is 23.0 Å². The van der Waals surface area contributed by atoms with Crippen molar-refractivity contribution in [1.82, 2.24) is 4.90 Å². The first-order valence-electron chi connectivity index (χ1n) is 23.8. The van der Waals surface area contributed by atoms with Crippen LogP contribution in [0.25, 0.3) is 11.1 Å². The van der Waals surface area contributed by atoms with Crippen LogP contribution in [0.4, 0.5) is 5.69 Å². The van der Waals surface area contributed by atoms with E-state index in [-0.39, 0.29) is 68.6 Å². The highest BCUT2D eigenvalue weighted by molar-refractivity contribution is 6.03.